The Morgan fingerprint density at radius 3 is 1.39 bits per heavy atom. The van der Waals surface area contributed by atoms with Crippen molar-refractivity contribution in [2.75, 3.05) is 13.2 Å². The predicted molar refractivity (Wildman–Crippen MR) is 208 cm³/mol. The van der Waals surface area contributed by atoms with Gasteiger partial charge in [-0.05, 0) is 12.8 Å². The standard InChI is InChI=1S/C42H83NO8/c1-3-5-7-9-11-13-15-16-17-18-19-20-22-23-25-27-29-31-36(45)35(34-50-42-41(49)40(48)39(47)37(33-44)51-42)43-38(46)32-30-28-26-24-21-14-12-10-8-6-4-2/h35-37,39-42,44-45,47-49H,3-34H2,1-2H3,(H,43,46)/t35-,36+,37+,39+,40?,41?,42+/m0/s1. The number of aliphatic hydroxyl groups is 5. The first kappa shape index (κ1) is 48.2. The van der Waals surface area contributed by atoms with Gasteiger partial charge in [0.15, 0.2) is 6.29 Å². The average molecular weight is 730 g/mol. The van der Waals surface area contributed by atoms with E-state index in [1.54, 1.807) is 0 Å². The molecular formula is C42H83NO8. The van der Waals surface area contributed by atoms with E-state index in [1.807, 2.05) is 0 Å². The Kier molecular flexibility index (Phi) is 31.9. The Bertz CT molecular complexity index is 771. The van der Waals surface area contributed by atoms with Crippen LogP contribution >= 0.6 is 0 Å². The highest BCUT2D eigenvalue weighted by Gasteiger charge is 2.44. The number of aliphatic hydroxyl groups excluding tert-OH is 5. The Labute approximate surface area is 313 Å². The van der Waals surface area contributed by atoms with E-state index < -0.39 is 49.5 Å². The number of carbonyl (C=O) groups is 1. The molecule has 0 spiro atoms. The molecular weight excluding hydrogens is 646 g/mol. The lowest BCUT2D eigenvalue weighted by Crippen LogP contribution is -2.60. The molecule has 0 bridgehead atoms. The van der Waals surface area contributed by atoms with Gasteiger partial charge < -0.3 is 40.3 Å². The van der Waals surface area contributed by atoms with Crippen LogP contribution < -0.4 is 5.32 Å². The first-order valence-electron chi connectivity index (χ1n) is 21.7. The summed E-state index contributed by atoms with van der Waals surface area (Å²) in [5, 5.41) is 54.2. The molecule has 9 nitrogen and oxygen atoms in total. The van der Waals surface area contributed by atoms with Crippen LogP contribution in [0.5, 0.6) is 0 Å². The summed E-state index contributed by atoms with van der Waals surface area (Å²) < 4.78 is 11.2. The molecule has 0 radical (unpaired) electrons. The number of rotatable bonds is 36. The Morgan fingerprint density at radius 1 is 0.588 bits per heavy atom. The minimum atomic E-state index is -1.55. The fraction of sp³-hybridized carbons (Fsp3) is 0.976. The maximum atomic E-state index is 12.9. The van der Waals surface area contributed by atoms with Crippen molar-refractivity contribution >= 4 is 5.91 Å². The predicted octanol–water partition coefficient (Wildman–Crippen LogP) is 8.39. The molecule has 0 saturated carbocycles. The monoisotopic (exact) mass is 730 g/mol. The summed E-state index contributed by atoms with van der Waals surface area (Å²) in [6.07, 6.45) is 28.2. The number of amides is 1. The summed E-state index contributed by atoms with van der Waals surface area (Å²) in [6, 6.07) is -0.710. The molecule has 0 aliphatic carbocycles. The Hall–Kier alpha value is -0.810. The van der Waals surface area contributed by atoms with Crippen LogP contribution in [0.4, 0.5) is 0 Å². The van der Waals surface area contributed by atoms with Crippen molar-refractivity contribution in [1.82, 2.24) is 5.32 Å². The number of hydrogen-bond donors (Lipinski definition) is 6. The molecule has 6 N–H and O–H groups in total. The lowest BCUT2D eigenvalue weighted by atomic mass is 9.99. The van der Waals surface area contributed by atoms with Gasteiger partial charge in [-0.1, -0.05) is 187 Å². The molecule has 1 aliphatic rings. The van der Waals surface area contributed by atoms with Crippen LogP contribution in [-0.2, 0) is 14.3 Å². The van der Waals surface area contributed by atoms with E-state index in [1.165, 1.54) is 141 Å². The molecule has 1 saturated heterocycles. The molecule has 0 aromatic heterocycles. The van der Waals surface area contributed by atoms with Gasteiger partial charge in [-0.2, -0.15) is 0 Å². The molecule has 0 aromatic rings. The van der Waals surface area contributed by atoms with Gasteiger partial charge in [-0.15, -0.1) is 0 Å². The summed E-state index contributed by atoms with van der Waals surface area (Å²) in [4.78, 5) is 12.9. The first-order chi connectivity index (χ1) is 24.8. The quantitative estimate of drug-likeness (QED) is 0.0353. The number of unbranched alkanes of at least 4 members (excludes halogenated alkanes) is 26. The van der Waals surface area contributed by atoms with Crippen LogP contribution in [-0.4, -0.2) is 87.5 Å². The van der Waals surface area contributed by atoms with E-state index in [0.717, 1.165) is 38.5 Å². The van der Waals surface area contributed by atoms with Crippen molar-refractivity contribution in [2.45, 2.75) is 249 Å². The van der Waals surface area contributed by atoms with Gasteiger partial charge in [-0.3, -0.25) is 4.79 Å². The smallest absolute Gasteiger partial charge is 0.220 e. The SMILES string of the molecule is CCCCCCCCCCCCCCCCCCC[C@@H](O)[C@H](CO[C@@H]1O[C@H](CO)[C@@H](O)C(O)C1O)NC(=O)CCCCCCCCCCCCC. The average Bonchev–Trinajstić information content (AvgIpc) is 3.13. The maximum absolute atomic E-state index is 12.9. The zero-order chi connectivity index (χ0) is 37.4. The van der Waals surface area contributed by atoms with Crippen LogP contribution in [0, 0.1) is 0 Å². The number of ether oxygens (including phenoxy) is 2. The van der Waals surface area contributed by atoms with Gasteiger partial charge in [0.05, 0.1) is 25.4 Å². The maximum Gasteiger partial charge on any atom is 0.220 e. The molecule has 1 heterocycles. The van der Waals surface area contributed by atoms with Gasteiger partial charge in [0, 0.05) is 6.42 Å². The highest BCUT2D eigenvalue weighted by Crippen LogP contribution is 2.23. The normalized spacial score (nSPS) is 21.9. The third-order valence-electron chi connectivity index (χ3n) is 10.7. The minimum absolute atomic E-state index is 0.132. The highest BCUT2D eigenvalue weighted by molar-refractivity contribution is 5.76. The molecule has 0 aromatic carbocycles. The van der Waals surface area contributed by atoms with Gasteiger partial charge in [-0.25, -0.2) is 0 Å². The summed E-state index contributed by atoms with van der Waals surface area (Å²) in [6.45, 7) is 3.83. The Morgan fingerprint density at radius 2 is 0.980 bits per heavy atom. The molecule has 1 fully saturated rings. The number of nitrogens with one attached hydrogen (secondary N) is 1. The van der Waals surface area contributed by atoms with Crippen LogP contribution in [0.15, 0.2) is 0 Å². The zero-order valence-electron chi connectivity index (χ0n) is 33.1. The molecule has 1 aliphatic heterocycles. The van der Waals surface area contributed by atoms with Crippen molar-refractivity contribution in [1.29, 1.82) is 0 Å². The number of carbonyl (C=O) groups excluding carboxylic acids is 1. The highest BCUT2D eigenvalue weighted by atomic mass is 16.7. The summed E-state index contributed by atoms with van der Waals surface area (Å²) in [5.74, 6) is -0.144. The fourth-order valence-corrected chi connectivity index (χ4v) is 7.16. The molecule has 2 unspecified atom stereocenters. The third kappa shape index (κ3) is 25.0. The van der Waals surface area contributed by atoms with Crippen LogP contribution in [0.3, 0.4) is 0 Å². The second-order valence-electron chi connectivity index (χ2n) is 15.5. The van der Waals surface area contributed by atoms with E-state index in [-0.39, 0.29) is 12.5 Å². The van der Waals surface area contributed by atoms with Crippen molar-refractivity contribution in [2.24, 2.45) is 0 Å². The van der Waals surface area contributed by atoms with Crippen molar-refractivity contribution in [3.05, 3.63) is 0 Å². The molecule has 1 amide bonds. The molecule has 1 rings (SSSR count). The zero-order valence-corrected chi connectivity index (χ0v) is 33.1. The molecule has 9 heteroatoms. The van der Waals surface area contributed by atoms with E-state index in [0.29, 0.717) is 12.8 Å². The lowest BCUT2D eigenvalue weighted by molar-refractivity contribution is -0.302. The minimum Gasteiger partial charge on any atom is -0.394 e. The molecule has 304 valence electrons. The van der Waals surface area contributed by atoms with Gasteiger partial charge in [0.2, 0.25) is 5.91 Å². The van der Waals surface area contributed by atoms with E-state index in [4.69, 9.17) is 9.47 Å². The first-order valence-corrected chi connectivity index (χ1v) is 21.7. The van der Waals surface area contributed by atoms with E-state index >= 15 is 0 Å². The molecule has 51 heavy (non-hydrogen) atoms. The number of hydrogen-bond acceptors (Lipinski definition) is 8. The van der Waals surface area contributed by atoms with E-state index in [9.17, 15) is 30.3 Å². The third-order valence-corrected chi connectivity index (χ3v) is 10.7. The van der Waals surface area contributed by atoms with Crippen LogP contribution in [0.25, 0.3) is 0 Å². The fourth-order valence-electron chi connectivity index (χ4n) is 7.16. The molecule has 7 atom stereocenters. The van der Waals surface area contributed by atoms with Crippen molar-refractivity contribution in [3.8, 4) is 0 Å². The van der Waals surface area contributed by atoms with E-state index in [2.05, 4.69) is 19.2 Å². The summed E-state index contributed by atoms with van der Waals surface area (Å²) in [7, 11) is 0. The Balaban J connectivity index is 2.34. The van der Waals surface area contributed by atoms with Crippen LogP contribution in [0.1, 0.15) is 206 Å². The second kappa shape index (κ2) is 33.7. The summed E-state index contributed by atoms with van der Waals surface area (Å²) in [5.41, 5.74) is 0. The second-order valence-corrected chi connectivity index (χ2v) is 15.5. The van der Waals surface area contributed by atoms with Gasteiger partial charge in [0.25, 0.3) is 0 Å². The van der Waals surface area contributed by atoms with Crippen molar-refractivity contribution in [3.63, 3.8) is 0 Å². The summed E-state index contributed by atoms with van der Waals surface area (Å²) >= 11 is 0. The topological polar surface area (TPSA) is 149 Å². The largest absolute Gasteiger partial charge is 0.394 e. The lowest BCUT2D eigenvalue weighted by Gasteiger charge is -2.40. The van der Waals surface area contributed by atoms with Crippen molar-refractivity contribution < 1.29 is 39.8 Å². The van der Waals surface area contributed by atoms with Gasteiger partial charge >= 0.3 is 0 Å². The van der Waals surface area contributed by atoms with Crippen LogP contribution in [0.2, 0.25) is 0 Å². The van der Waals surface area contributed by atoms with Gasteiger partial charge in [0.1, 0.15) is 24.4 Å².